The third-order valence-electron chi connectivity index (χ3n) is 3.65. The number of rotatable bonds is 5. The van der Waals surface area contributed by atoms with E-state index in [9.17, 15) is 0 Å². The van der Waals surface area contributed by atoms with E-state index in [1.54, 1.807) is 6.20 Å². The van der Waals surface area contributed by atoms with Gasteiger partial charge in [-0.05, 0) is 26.0 Å². The van der Waals surface area contributed by atoms with E-state index in [2.05, 4.69) is 28.1 Å². The van der Waals surface area contributed by atoms with Crippen LogP contribution in [0.15, 0.2) is 18.3 Å². The Morgan fingerprint density at radius 3 is 2.89 bits per heavy atom. The van der Waals surface area contributed by atoms with Crippen molar-refractivity contribution in [2.45, 2.75) is 43.4 Å². The fourth-order valence-corrected chi connectivity index (χ4v) is 3.99. The SMILES string of the molecule is CNC(CSC1CCCCC1)c1cccnc1N. The largest absolute Gasteiger partial charge is 0.383 e. The van der Waals surface area contributed by atoms with Crippen LogP contribution >= 0.6 is 11.8 Å². The summed E-state index contributed by atoms with van der Waals surface area (Å²) in [5.74, 6) is 1.73. The Kier molecular flexibility index (Phi) is 5.32. The summed E-state index contributed by atoms with van der Waals surface area (Å²) >= 11 is 2.09. The molecule has 1 aromatic rings. The molecule has 0 spiro atoms. The molecule has 2 rings (SSSR count). The highest BCUT2D eigenvalue weighted by Crippen LogP contribution is 2.31. The molecule has 1 heterocycles. The first-order valence-electron chi connectivity index (χ1n) is 6.80. The van der Waals surface area contributed by atoms with Crippen molar-refractivity contribution >= 4 is 17.6 Å². The number of hydrogen-bond acceptors (Lipinski definition) is 4. The molecule has 1 aromatic heterocycles. The van der Waals surface area contributed by atoms with Crippen LogP contribution in [0.5, 0.6) is 0 Å². The second-order valence-corrected chi connectivity index (χ2v) is 6.25. The highest BCUT2D eigenvalue weighted by molar-refractivity contribution is 7.99. The van der Waals surface area contributed by atoms with Crippen molar-refractivity contribution in [2.24, 2.45) is 0 Å². The maximum Gasteiger partial charge on any atom is 0.128 e. The van der Waals surface area contributed by atoms with E-state index < -0.39 is 0 Å². The summed E-state index contributed by atoms with van der Waals surface area (Å²) in [7, 11) is 2.00. The zero-order valence-electron chi connectivity index (χ0n) is 11.1. The van der Waals surface area contributed by atoms with Crippen LogP contribution in [0.25, 0.3) is 0 Å². The third-order valence-corrected chi connectivity index (χ3v) is 5.11. The van der Waals surface area contributed by atoms with E-state index in [-0.39, 0.29) is 0 Å². The van der Waals surface area contributed by atoms with Gasteiger partial charge in [0.15, 0.2) is 0 Å². The molecule has 1 unspecified atom stereocenters. The van der Waals surface area contributed by atoms with Gasteiger partial charge >= 0.3 is 0 Å². The summed E-state index contributed by atoms with van der Waals surface area (Å²) < 4.78 is 0. The number of thioether (sulfide) groups is 1. The molecule has 3 nitrogen and oxygen atoms in total. The lowest BCUT2D eigenvalue weighted by Crippen LogP contribution is -2.22. The summed E-state index contributed by atoms with van der Waals surface area (Å²) in [6, 6.07) is 4.34. The fraction of sp³-hybridized carbons (Fsp3) is 0.643. The van der Waals surface area contributed by atoms with Gasteiger partial charge in [0.05, 0.1) is 0 Å². The summed E-state index contributed by atoms with van der Waals surface area (Å²) in [4.78, 5) is 4.17. The second-order valence-electron chi connectivity index (χ2n) is 4.91. The lowest BCUT2D eigenvalue weighted by Gasteiger charge is -2.24. The Labute approximate surface area is 114 Å². The zero-order valence-corrected chi connectivity index (χ0v) is 11.9. The average molecular weight is 265 g/mol. The molecule has 0 saturated heterocycles. The summed E-state index contributed by atoms with van der Waals surface area (Å²) in [6.45, 7) is 0. The smallest absolute Gasteiger partial charge is 0.128 e. The minimum absolute atomic E-state index is 0.311. The highest BCUT2D eigenvalue weighted by Gasteiger charge is 2.18. The Morgan fingerprint density at radius 2 is 2.22 bits per heavy atom. The molecule has 0 radical (unpaired) electrons. The normalized spacial score (nSPS) is 18.7. The molecule has 1 saturated carbocycles. The van der Waals surface area contributed by atoms with Crippen LogP contribution < -0.4 is 11.1 Å². The minimum Gasteiger partial charge on any atom is -0.383 e. The standard InChI is InChI=1S/C14H23N3S/c1-16-13(12-8-5-9-17-14(12)15)10-18-11-6-3-2-4-7-11/h5,8-9,11,13,16H,2-4,6-7,10H2,1H3,(H2,15,17). The maximum atomic E-state index is 5.95. The molecule has 0 bridgehead atoms. The minimum atomic E-state index is 0.311. The van der Waals surface area contributed by atoms with E-state index in [1.165, 1.54) is 32.1 Å². The van der Waals surface area contributed by atoms with Crippen LogP contribution in [0.3, 0.4) is 0 Å². The van der Waals surface area contributed by atoms with Crippen molar-refractivity contribution < 1.29 is 0 Å². The molecular formula is C14H23N3S. The highest BCUT2D eigenvalue weighted by atomic mass is 32.2. The van der Waals surface area contributed by atoms with Gasteiger partial charge in [0.2, 0.25) is 0 Å². The van der Waals surface area contributed by atoms with Gasteiger partial charge in [-0.3, -0.25) is 0 Å². The van der Waals surface area contributed by atoms with Gasteiger partial charge in [-0.15, -0.1) is 0 Å². The summed E-state index contributed by atoms with van der Waals surface area (Å²) in [5, 5.41) is 4.20. The Balaban J connectivity index is 1.91. The first-order valence-corrected chi connectivity index (χ1v) is 7.85. The van der Waals surface area contributed by atoms with Crippen LogP contribution in [0.2, 0.25) is 0 Å². The molecule has 100 valence electrons. The van der Waals surface area contributed by atoms with Crippen molar-refractivity contribution in [3.05, 3.63) is 23.9 Å². The monoisotopic (exact) mass is 265 g/mol. The number of pyridine rings is 1. The summed E-state index contributed by atoms with van der Waals surface area (Å²) in [6.07, 6.45) is 8.73. The number of anilines is 1. The van der Waals surface area contributed by atoms with Crippen molar-refractivity contribution in [3.8, 4) is 0 Å². The van der Waals surface area contributed by atoms with E-state index >= 15 is 0 Å². The second kappa shape index (κ2) is 7.00. The van der Waals surface area contributed by atoms with Gasteiger partial charge in [0, 0.05) is 28.8 Å². The average Bonchev–Trinajstić information content (AvgIpc) is 2.42. The number of nitrogens with zero attached hydrogens (tertiary/aromatic N) is 1. The number of nitrogens with one attached hydrogen (secondary N) is 1. The van der Waals surface area contributed by atoms with Gasteiger partial charge < -0.3 is 11.1 Å². The predicted molar refractivity (Wildman–Crippen MR) is 79.8 cm³/mol. The number of nitrogens with two attached hydrogens (primary N) is 1. The van der Waals surface area contributed by atoms with Crippen molar-refractivity contribution in [2.75, 3.05) is 18.5 Å². The number of aromatic nitrogens is 1. The molecule has 3 N–H and O–H groups in total. The Bertz CT molecular complexity index is 364. The molecule has 4 heteroatoms. The molecule has 1 fully saturated rings. The number of nitrogen functional groups attached to an aromatic ring is 1. The first-order chi connectivity index (χ1) is 8.81. The lowest BCUT2D eigenvalue weighted by molar-refractivity contribution is 0.515. The fourth-order valence-electron chi connectivity index (χ4n) is 2.52. The molecule has 0 aromatic carbocycles. The van der Waals surface area contributed by atoms with Gasteiger partial charge in [-0.2, -0.15) is 11.8 Å². The molecule has 1 aliphatic carbocycles. The lowest BCUT2D eigenvalue weighted by atomic mass is 10.0. The van der Waals surface area contributed by atoms with E-state index in [0.29, 0.717) is 11.9 Å². The van der Waals surface area contributed by atoms with E-state index in [0.717, 1.165) is 16.6 Å². The van der Waals surface area contributed by atoms with Gasteiger partial charge in [0.1, 0.15) is 5.82 Å². The molecule has 0 amide bonds. The van der Waals surface area contributed by atoms with Crippen LogP contribution in [-0.4, -0.2) is 23.0 Å². The molecule has 1 atom stereocenters. The van der Waals surface area contributed by atoms with E-state index in [1.807, 2.05) is 13.1 Å². The summed E-state index contributed by atoms with van der Waals surface area (Å²) in [5.41, 5.74) is 7.07. The molecule has 18 heavy (non-hydrogen) atoms. The Morgan fingerprint density at radius 1 is 1.44 bits per heavy atom. The predicted octanol–water partition coefficient (Wildman–Crippen LogP) is 2.99. The van der Waals surface area contributed by atoms with E-state index in [4.69, 9.17) is 5.73 Å². The Hall–Kier alpha value is -0.740. The van der Waals surface area contributed by atoms with Gasteiger partial charge in [-0.1, -0.05) is 25.3 Å². The van der Waals surface area contributed by atoms with Crippen molar-refractivity contribution in [3.63, 3.8) is 0 Å². The van der Waals surface area contributed by atoms with Crippen molar-refractivity contribution in [1.29, 1.82) is 0 Å². The third kappa shape index (κ3) is 3.62. The van der Waals surface area contributed by atoms with Crippen LogP contribution in [0, 0.1) is 0 Å². The van der Waals surface area contributed by atoms with Crippen molar-refractivity contribution in [1.82, 2.24) is 10.3 Å². The van der Waals surface area contributed by atoms with Gasteiger partial charge in [-0.25, -0.2) is 4.98 Å². The topological polar surface area (TPSA) is 50.9 Å². The van der Waals surface area contributed by atoms with Gasteiger partial charge in [0.25, 0.3) is 0 Å². The van der Waals surface area contributed by atoms with Crippen LogP contribution in [0.4, 0.5) is 5.82 Å². The zero-order chi connectivity index (χ0) is 12.8. The van der Waals surface area contributed by atoms with Crippen LogP contribution in [-0.2, 0) is 0 Å². The maximum absolute atomic E-state index is 5.95. The molecule has 0 aliphatic heterocycles. The first kappa shape index (κ1) is 13.7. The molecular weight excluding hydrogens is 242 g/mol. The number of hydrogen-bond donors (Lipinski definition) is 2. The van der Waals surface area contributed by atoms with Crippen LogP contribution in [0.1, 0.15) is 43.7 Å². The quantitative estimate of drug-likeness (QED) is 0.859. The molecule has 1 aliphatic rings.